The number of thiocarbonyl (C=S) groups is 1. The van der Waals surface area contributed by atoms with E-state index in [1.165, 1.54) is 17.0 Å². The average Bonchev–Trinajstić information content (AvgIpc) is 3.00. The Kier molecular flexibility index (Phi) is 6.04. The van der Waals surface area contributed by atoms with E-state index in [-0.39, 0.29) is 30.6 Å². The van der Waals surface area contributed by atoms with Gasteiger partial charge in [0.2, 0.25) is 5.91 Å². The van der Waals surface area contributed by atoms with Crippen molar-refractivity contribution in [1.29, 1.82) is 0 Å². The maximum absolute atomic E-state index is 13.3. The van der Waals surface area contributed by atoms with E-state index in [0.29, 0.717) is 16.5 Å². The number of rotatable bonds is 6. The van der Waals surface area contributed by atoms with E-state index in [1.54, 1.807) is 41.3 Å². The molecule has 0 aromatic heterocycles. The van der Waals surface area contributed by atoms with E-state index in [1.807, 2.05) is 36.4 Å². The van der Waals surface area contributed by atoms with Crippen LogP contribution in [0.3, 0.4) is 0 Å². The molecule has 0 bridgehead atoms. The van der Waals surface area contributed by atoms with Crippen molar-refractivity contribution >= 4 is 40.5 Å². The van der Waals surface area contributed by atoms with Crippen LogP contribution in [0.1, 0.15) is 12.0 Å². The summed E-state index contributed by atoms with van der Waals surface area (Å²) in [6.45, 7) is 0.289. The lowest BCUT2D eigenvalue weighted by molar-refractivity contribution is -0.124. The van der Waals surface area contributed by atoms with E-state index in [9.17, 15) is 14.0 Å². The van der Waals surface area contributed by atoms with Gasteiger partial charge in [-0.1, -0.05) is 48.5 Å². The number of carbonyl (C=O) groups is 2. The molecule has 1 N–H and O–H groups in total. The van der Waals surface area contributed by atoms with Crippen molar-refractivity contribution in [2.75, 3.05) is 10.2 Å². The molecule has 0 aliphatic carbocycles. The summed E-state index contributed by atoms with van der Waals surface area (Å²) in [5, 5.41) is 3.14. The molecule has 1 aliphatic heterocycles. The molecule has 7 heteroatoms. The third kappa shape index (κ3) is 4.62. The molecule has 1 unspecified atom stereocenters. The van der Waals surface area contributed by atoms with Crippen molar-refractivity contribution in [3.05, 3.63) is 96.3 Å². The third-order valence-electron chi connectivity index (χ3n) is 5.04. The summed E-state index contributed by atoms with van der Waals surface area (Å²) in [5.41, 5.74) is 2.10. The van der Waals surface area contributed by atoms with Gasteiger partial charge in [0.1, 0.15) is 11.9 Å². The molecule has 3 aromatic rings. The first-order valence-corrected chi connectivity index (χ1v) is 10.2. The van der Waals surface area contributed by atoms with Gasteiger partial charge >= 0.3 is 0 Å². The molecular formula is C24H20FN3O2S. The molecule has 4 rings (SSSR count). The molecule has 3 aromatic carbocycles. The SMILES string of the molecule is O=C(CC1C(=O)N(c2ccccc2)C(=S)N1Cc1ccc(F)cc1)Nc1ccccc1. The number of hydrogen-bond acceptors (Lipinski definition) is 3. The van der Waals surface area contributed by atoms with Crippen LogP contribution in [-0.2, 0) is 16.1 Å². The van der Waals surface area contributed by atoms with Gasteiger partial charge < -0.3 is 10.2 Å². The smallest absolute Gasteiger partial charge is 0.256 e. The van der Waals surface area contributed by atoms with Gasteiger partial charge in [0.15, 0.2) is 5.11 Å². The molecule has 1 heterocycles. The highest BCUT2D eigenvalue weighted by atomic mass is 32.1. The maximum atomic E-state index is 13.3. The Bertz CT molecular complexity index is 1090. The van der Waals surface area contributed by atoms with E-state index in [2.05, 4.69) is 5.32 Å². The van der Waals surface area contributed by atoms with E-state index >= 15 is 0 Å². The van der Waals surface area contributed by atoms with Crippen molar-refractivity contribution in [1.82, 2.24) is 4.90 Å². The molecule has 0 spiro atoms. The van der Waals surface area contributed by atoms with Crippen LogP contribution in [0, 0.1) is 5.82 Å². The summed E-state index contributed by atoms with van der Waals surface area (Å²) in [5.74, 6) is -0.888. The summed E-state index contributed by atoms with van der Waals surface area (Å²) in [6.07, 6.45) is -0.0571. The van der Waals surface area contributed by atoms with Gasteiger partial charge in [-0.05, 0) is 54.2 Å². The van der Waals surface area contributed by atoms with Crippen molar-refractivity contribution in [2.45, 2.75) is 19.0 Å². The monoisotopic (exact) mass is 433 g/mol. The molecule has 1 saturated heterocycles. The molecule has 31 heavy (non-hydrogen) atoms. The number of halogens is 1. The summed E-state index contributed by atoms with van der Waals surface area (Å²) in [7, 11) is 0. The highest BCUT2D eigenvalue weighted by Gasteiger charge is 2.44. The van der Waals surface area contributed by atoms with Crippen molar-refractivity contribution in [3.63, 3.8) is 0 Å². The van der Waals surface area contributed by atoms with Gasteiger partial charge in [0.05, 0.1) is 12.1 Å². The van der Waals surface area contributed by atoms with Crippen LogP contribution in [0.25, 0.3) is 0 Å². The minimum Gasteiger partial charge on any atom is -0.332 e. The number of para-hydroxylation sites is 2. The second-order valence-electron chi connectivity index (χ2n) is 7.18. The number of nitrogens with one attached hydrogen (secondary N) is 1. The summed E-state index contributed by atoms with van der Waals surface area (Å²) in [4.78, 5) is 29.2. The number of carbonyl (C=O) groups excluding carboxylic acids is 2. The Hall–Kier alpha value is -3.58. The minimum atomic E-state index is -0.763. The first-order valence-electron chi connectivity index (χ1n) is 9.82. The molecule has 156 valence electrons. The zero-order valence-electron chi connectivity index (χ0n) is 16.6. The van der Waals surface area contributed by atoms with Crippen molar-refractivity contribution in [3.8, 4) is 0 Å². The number of anilines is 2. The van der Waals surface area contributed by atoms with Crippen LogP contribution in [-0.4, -0.2) is 27.9 Å². The molecule has 1 atom stereocenters. The molecule has 1 fully saturated rings. The Balaban J connectivity index is 1.60. The topological polar surface area (TPSA) is 52.7 Å². The minimum absolute atomic E-state index is 0.0571. The third-order valence-corrected chi connectivity index (χ3v) is 5.45. The Morgan fingerprint density at radius 2 is 1.55 bits per heavy atom. The number of amides is 2. The van der Waals surface area contributed by atoms with Crippen LogP contribution in [0.4, 0.5) is 15.8 Å². The number of hydrogen-bond donors (Lipinski definition) is 1. The molecule has 2 amide bonds. The lowest BCUT2D eigenvalue weighted by Gasteiger charge is -2.24. The number of benzene rings is 3. The Labute approximate surface area is 185 Å². The van der Waals surface area contributed by atoms with Gasteiger partial charge in [0, 0.05) is 12.2 Å². The lowest BCUT2D eigenvalue weighted by atomic mass is 10.1. The van der Waals surface area contributed by atoms with Crippen molar-refractivity contribution < 1.29 is 14.0 Å². The first kappa shape index (κ1) is 20.7. The van der Waals surface area contributed by atoms with Crippen molar-refractivity contribution in [2.24, 2.45) is 0 Å². The predicted molar refractivity (Wildman–Crippen MR) is 122 cm³/mol. The zero-order chi connectivity index (χ0) is 21.8. The summed E-state index contributed by atoms with van der Waals surface area (Å²) >= 11 is 5.63. The predicted octanol–water partition coefficient (Wildman–Crippen LogP) is 4.36. The van der Waals surface area contributed by atoms with Gasteiger partial charge in [-0.15, -0.1) is 0 Å². The maximum Gasteiger partial charge on any atom is 0.256 e. The van der Waals surface area contributed by atoms with Gasteiger partial charge in [-0.2, -0.15) is 0 Å². The highest BCUT2D eigenvalue weighted by Crippen LogP contribution is 2.28. The fourth-order valence-electron chi connectivity index (χ4n) is 3.52. The van der Waals surface area contributed by atoms with E-state index < -0.39 is 6.04 Å². The molecule has 1 aliphatic rings. The second kappa shape index (κ2) is 9.06. The normalized spacial score (nSPS) is 16.0. The molecular weight excluding hydrogens is 413 g/mol. The van der Waals surface area contributed by atoms with E-state index in [0.717, 1.165) is 5.56 Å². The molecule has 0 radical (unpaired) electrons. The average molecular weight is 434 g/mol. The first-order chi connectivity index (χ1) is 15.0. The standard InChI is InChI=1S/C24H20FN3O2S/c25-18-13-11-17(12-14-18)16-27-21(15-22(29)26-19-7-3-1-4-8-19)23(30)28(24(27)31)20-9-5-2-6-10-20/h1-14,21H,15-16H2,(H,26,29). The fraction of sp³-hybridized carbons (Fsp3) is 0.125. The van der Waals surface area contributed by atoms with Crippen LogP contribution in [0.15, 0.2) is 84.9 Å². The van der Waals surface area contributed by atoms with E-state index in [4.69, 9.17) is 12.2 Å². The van der Waals surface area contributed by atoms with Crippen LogP contribution in [0.5, 0.6) is 0 Å². The fourth-order valence-corrected chi connectivity index (χ4v) is 3.91. The zero-order valence-corrected chi connectivity index (χ0v) is 17.4. The van der Waals surface area contributed by atoms with Crippen LogP contribution in [0.2, 0.25) is 0 Å². The number of nitrogens with zero attached hydrogens (tertiary/aromatic N) is 2. The molecule has 0 saturated carbocycles. The van der Waals surface area contributed by atoms with Gasteiger partial charge in [0.25, 0.3) is 5.91 Å². The quantitative estimate of drug-likeness (QED) is 0.587. The molecule has 5 nitrogen and oxygen atoms in total. The largest absolute Gasteiger partial charge is 0.332 e. The second-order valence-corrected chi connectivity index (χ2v) is 7.55. The summed E-state index contributed by atoms with van der Waals surface area (Å²) in [6, 6.07) is 23.4. The van der Waals surface area contributed by atoms with Gasteiger partial charge in [-0.3, -0.25) is 14.5 Å². The summed E-state index contributed by atoms with van der Waals surface area (Å²) < 4.78 is 13.3. The lowest BCUT2D eigenvalue weighted by Crippen LogP contribution is -2.37. The van der Waals surface area contributed by atoms with Gasteiger partial charge in [-0.25, -0.2) is 4.39 Å². The Morgan fingerprint density at radius 1 is 0.935 bits per heavy atom. The highest BCUT2D eigenvalue weighted by molar-refractivity contribution is 7.80. The van der Waals surface area contributed by atoms with Crippen LogP contribution >= 0.6 is 12.2 Å². The Morgan fingerprint density at radius 3 is 2.19 bits per heavy atom. The van der Waals surface area contributed by atoms with Crippen LogP contribution < -0.4 is 10.2 Å².